The molecule has 3 heterocycles. The van der Waals surface area contributed by atoms with Crippen LogP contribution in [0, 0.1) is 0 Å². The number of hydrogen-bond acceptors (Lipinski definition) is 5. The van der Waals surface area contributed by atoms with Crippen molar-refractivity contribution in [2.24, 2.45) is 0 Å². The van der Waals surface area contributed by atoms with Crippen LogP contribution in [0.4, 0.5) is 5.69 Å². The number of piperidine rings is 1. The Morgan fingerprint density at radius 1 is 1.11 bits per heavy atom. The average molecular weight is 456 g/mol. The number of amides is 1. The number of hydrogen-bond donors (Lipinski definition) is 0. The van der Waals surface area contributed by atoms with Crippen LogP contribution in [0.1, 0.15) is 34.1 Å². The SMILES string of the molecule is O=C1C(=O)N(CN2CCC(c3nc4ccccc4s3)CC2)c2ccc(Br)cc21. The molecular formula is C21H18BrN3O2S. The third-order valence-electron chi connectivity index (χ3n) is 5.52. The van der Waals surface area contributed by atoms with E-state index < -0.39 is 11.7 Å². The molecule has 1 saturated heterocycles. The molecule has 3 aromatic rings. The smallest absolute Gasteiger partial charge is 0.291 e. The van der Waals surface area contributed by atoms with Crippen molar-refractivity contribution < 1.29 is 9.59 Å². The van der Waals surface area contributed by atoms with E-state index in [4.69, 9.17) is 4.98 Å². The van der Waals surface area contributed by atoms with Gasteiger partial charge in [-0.15, -0.1) is 11.3 Å². The van der Waals surface area contributed by atoms with Gasteiger partial charge in [0, 0.05) is 23.5 Å². The van der Waals surface area contributed by atoms with E-state index in [9.17, 15) is 9.59 Å². The van der Waals surface area contributed by atoms with E-state index in [1.165, 1.54) is 9.71 Å². The first-order chi connectivity index (χ1) is 13.6. The Balaban J connectivity index is 1.28. The lowest BCUT2D eigenvalue weighted by atomic mass is 9.98. The molecule has 142 valence electrons. The molecule has 0 atom stereocenters. The van der Waals surface area contributed by atoms with E-state index in [0.29, 0.717) is 23.8 Å². The highest BCUT2D eigenvalue weighted by molar-refractivity contribution is 9.10. The zero-order valence-corrected chi connectivity index (χ0v) is 17.5. The Bertz CT molecular complexity index is 1060. The third-order valence-corrected chi connectivity index (χ3v) is 7.21. The predicted octanol–water partition coefficient (Wildman–Crippen LogP) is 4.43. The minimum Gasteiger partial charge on any atom is -0.291 e. The number of fused-ring (bicyclic) bond motifs is 2. The molecule has 0 aliphatic carbocycles. The summed E-state index contributed by atoms with van der Waals surface area (Å²) in [4.78, 5) is 33.4. The van der Waals surface area contributed by atoms with Gasteiger partial charge in [-0.3, -0.25) is 19.4 Å². The van der Waals surface area contributed by atoms with E-state index in [1.54, 1.807) is 22.3 Å². The lowest BCUT2D eigenvalue weighted by molar-refractivity contribution is -0.114. The highest BCUT2D eigenvalue weighted by Crippen LogP contribution is 2.35. The average Bonchev–Trinajstić information content (AvgIpc) is 3.24. The largest absolute Gasteiger partial charge is 0.300 e. The lowest BCUT2D eigenvalue weighted by Gasteiger charge is -2.33. The number of carbonyl (C=O) groups excluding carboxylic acids is 2. The van der Waals surface area contributed by atoms with Gasteiger partial charge in [0.2, 0.25) is 0 Å². The monoisotopic (exact) mass is 455 g/mol. The van der Waals surface area contributed by atoms with Crippen LogP contribution in [-0.4, -0.2) is 41.3 Å². The number of thiazole rings is 1. The highest BCUT2D eigenvalue weighted by atomic mass is 79.9. The summed E-state index contributed by atoms with van der Waals surface area (Å²) in [6, 6.07) is 13.7. The van der Waals surface area contributed by atoms with Gasteiger partial charge in [0.15, 0.2) is 0 Å². The third kappa shape index (κ3) is 3.07. The van der Waals surface area contributed by atoms with E-state index in [2.05, 4.69) is 39.0 Å². The Morgan fingerprint density at radius 3 is 2.68 bits per heavy atom. The summed E-state index contributed by atoms with van der Waals surface area (Å²) in [5.74, 6) is -0.380. The molecule has 1 amide bonds. The zero-order chi connectivity index (χ0) is 19.3. The van der Waals surface area contributed by atoms with Gasteiger partial charge in [-0.25, -0.2) is 4.98 Å². The van der Waals surface area contributed by atoms with Crippen LogP contribution in [0.3, 0.4) is 0 Å². The maximum Gasteiger partial charge on any atom is 0.300 e. The number of anilines is 1. The van der Waals surface area contributed by atoms with Crippen LogP contribution in [0.2, 0.25) is 0 Å². The fourth-order valence-corrected chi connectivity index (χ4v) is 5.50. The van der Waals surface area contributed by atoms with Crippen LogP contribution in [0.25, 0.3) is 10.2 Å². The number of halogens is 1. The van der Waals surface area contributed by atoms with Gasteiger partial charge in [-0.1, -0.05) is 28.1 Å². The van der Waals surface area contributed by atoms with Gasteiger partial charge in [-0.2, -0.15) is 0 Å². The van der Waals surface area contributed by atoms with E-state index >= 15 is 0 Å². The van der Waals surface area contributed by atoms with Crippen molar-refractivity contribution in [3.8, 4) is 0 Å². The lowest BCUT2D eigenvalue weighted by Crippen LogP contribution is -2.44. The zero-order valence-electron chi connectivity index (χ0n) is 15.1. The number of para-hydroxylation sites is 1. The quantitative estimate of drug-likeness (QED) is 0.548. The second-order valence-corrected chi connectivity index (χ2v) is 9.26. The number of aromatic nitrogens is 1. The predicted molar refractivity (Wildman–Crippen MR) is 114 cm³/mol. The number of carbonyl (C=O) groups is 2. The second kappa shape index (κ2) is 7.06. The fraction of sp³-hybridized carbons (Fsp3) is 0.286. The molecule has 0 spiro atoms. The summed E-state index contributed by atoms with van der Waals surface area (Å²) in [7, 11) is 0. The molecule has 0 radical (unpaired) electrons. The molecule has 2 aliphatic rings. The van der Waals surface area contributed by atoms with Gasteiger partial charge in [-0.05, 0) is 43.2 Å². The van der Waals surface area contributed by atoms with Gasteiger partial charge in [0.25, 0.3) is 5.78 Å². The van der Waals surface area contributed by atoms with Gasteiger partial charge >= 0.3 is 5.91 Å². The van der Waals surface area contributed by atoms with E-state index in [-0.39, 0.29) is 0 Å². The molecule has 2 aliphatic heterocycles. The Kier molecular flexibility index (Phi) is 4.53. The first-order valence-corrected chi connectivity index (χ1v) is 10.9. The number of rotatable bonds is 3. The van der Waals surface area contributed by atoms with Gasteiger partial charge < -0.3 is 0 Å². The Labute approximate surface area is 175 Å². The standard InChI is InChI=1S/C21H18BrN3O2S/c22-14-5-6-17-15(11-14)19(26)21(27)25(17)12-24-9-7-13(8-10-24)20-23-16-3-1-2-4-18(16)28-20/h1-6,11,13H,7-10,12H2. The number of ketones is 1. The van der Waals surface area contributed by atoms with Crippen molar-refractivity contribution in [1.29, 1.82) is 0 Å². The van der Waals surface area contributed by atoms with Crippen molar-refractivity contribution in [3.05, 3.63) is 57.5 Å². The molecule has 5 nitrogen and oxygen atoms in total. The summed E-state index contributed by atoms with van der Waals surface area (Å²) >= 11 is 5.16. The molecule has 0 unspecified atom stereocenters. The van der Waals surface area contributed by atoms with Crippen molar-refractivity contribution >= 4 is 54.9 Å². The van der Waals surface area contributed by atoms with Gasteiger partial charge in [0.05, 0.1) is 33.1 Å². The van der Waals surface area contributed by atoms with Crippen molar-refractivity contribution in [3.63, 3.8) is 0 Å². The summed E-state index contributed by atoms with van der Waals surface area (Å²) in [5, 5.41) is 1.21. The molecule has 0 saturated carbocycles. The normalized spacial score (nSPS) is 18.2. The molecule has 5 rings (SSSR count). The van der Waals surface area contributed by atoms with Crippen molar-refractivity contribution in [1.82, 2.24) is 9.88 Å². The number of Topliss-reactive ketones (excluding diaryl/α,β-unsaturated/α-hetero) is 1. The minimum atomic E-state index is -0.429. The molecule has 0 N–H and O–H groups in total. The fourth-order valence-electron chi connectivity index (χ4n) is 4.00. The molecule has 1 fully saturated rings. The summed E-state index contributed by atoms with van der Waals surface area (Å²) < 4.78 is 2.05. The first-order valence-electron chi connectivity index (χ1n) is 9.34. The van der Waals surface area contributed by atoms with E-state index in [0.717, 1.165) is 35.9 Å². The minimum absolute atomic E-state index is 0.416. The Hall–Kier alpha value is -2.09. The summed E-state index contributed by atoms with van der Waals surface area (Å²) in [6.45, 7) is 2.25. The maximum absolute atomic E-state index is 12.5. The van der Waals surface area contributed by atoms with Crippen molar-refractivity contribution in [2.75, 3.05) is 24.7 Å². The molecule has 2 aromatic carbocycles. The van der Waals surface area contributed by atoms with Crippen LogP contribution in [-0.2, 0) is 4.79 Å². The highest BCUT2D eigenvalue weighted by Gasteiger charge is 2.37. The summed E-state index contributed by atoms with van der Waals surface area (Å²) in [6.07, 6.45) is 2.03. The molecule has 1 aromatic heterocycles. The number of likely N-dealkylation sites (tertiary alicyclic amines) is 1. The van der Waals surface area contributed by atoms with Crippen LogP contribution < -0.4 is 4.90 Å². The topological polar surface area (TPSA) is 53.5 Å². The molecule has 0 bridgehead atoms. The maximum atomic E-state index is 12.5. The van der Waals surface area contributed by atoms with Crippen LogP contribution in [0.15, 0.2) is 46.9 Å². The van der Waals surface area contributed by atoms with Gasteiger partial charge in [0.1, 0.15) is 0 Å². The Morgan fingerprint density at radius 2 is 1.89 bits per heavy atom. The summed E-state index contributed by atoms with van der Waals surface area (Å²) in [5.41, 5.74) is 2.28. The molecular weight excluding hydrogens is 438 g/mol. The first kappa shape index (κ1) is 18.0. The number of benzene rings is 2. The molecule has 28 heavy (non-hydrogen) atoms. The van der Waals surface area contributed by atoms with Crippen LogP contribution >= 0.6 is 27.3 Å². The van der Waals surface area contributed by atoms with E-state index in [1.807, 2.05) is 18.2 Å². The molecule has 7 heteroatoms. The number of nitrogens with zero attached hydrogens (tertiary/aromatic N) is 3. The second-order valence-electron chi connectivity index (χ2n) is 7.28. The van der Waals surface area contributed by atoms with Crippen LogP contribution in [0.5, 0.6) is 0 Å². The van der Waals surface area contributed by atoms with Crippen molar-refractivity contribution in [2.45, 2.75) is 18.8 Å².